The first-order chi connectivity index (χ1) is 12.9. The van der Waals surface area contributed by atoms with E-state index in [0.29, 0.717) is 15.7 Å². The molecular formula is C19H17Cl2N3O3. The minimum absolute atomic E-state index is 0.151. The van der Waals surface area contributed by atoms with E-state index in [2.05, 4.69) is 10.6 Å². The van der Waals surface area contributed by atoms with Crippen molar-refractivity contribution < 1.29 is 14.4 Å². The molecule has 0 aromatic heterocycles. The number of nitrogens with one attached hydrogen (secondary N) is 2. The molecule has 0 bridgehead atoms. The van der Waals surface area contributed by atoms with Gasteiger partial charge in [0.25, 0.3) is 0 Å². The molecular weight excluding hydrogens is 389 g/mol. The normalized spacial score (nSPS) is 13.8. The van der Waals surface area contributed by atoms with Crippen LogP contribution in [0.5, 0.6) is 0 Å². The van der Waals surface area contributed by atoms with Crippen molar-refractivity contribution in [2.45, 2.75) is 25.9 Å². The molecule has 0 atom stereocenters. The fourth-order valence-electron chi connectivity index (χ4n) is 2.69. The number of hydrogen-bond acceptors (Lipinski definition) is 3. The van der Waals surface area contributed by atoms with E-state index in [1.54, 1.807) is 42.5 Å². The molecule has 0 radical (unpaired) electrons. The maximum atomic E-state index is 12.0. The van der Waals surface area contributed by atoms with Gasteiger partial charge in [0, 0.05) is 35.1 Å². The summed E-state index contributed by atoms with van der Waals surface area (Å²) in [7, 11) is 0. The standard InChI is InChI=1S/C19H17Cl2N3O3/c20-14-4-3-13(16(21)9-14)10-22-19(27)23-15-5-1-12(2-6-15)11-24-17(25)7-8-18(24)26/h1-6,9H,7-8,10-11H2,(H2,22,23,27). The Morgan fingerprint density at radius 2 is 1.67 bits per heavy atom. The number of likely N-dealkylation sites (tertiary alicyclic amines) is 1. The first kappa shape index (κ1) is 19.2. The van der Waals surface area contributed by atoms with E-state index in [1.807, 2.05) is 0 Å². The van der Waals surface area contributed by atoms with Crippen LogP contribution < -0.4 is 10.6 Å². The number of imide groups is 1. The molecule has 3 rings (SSSR count). The zero-order valence-electron chi connectivity index (χ0n) is 14.3. The van der Waals surface area contributed by atoms with Crippen molar-refractivity contribution in [2.24, 2.45) is 0 Å². The molecule has 0 spiro atoms. The number of nitrogens with zero attached hydrogens (tertiary/aromatic N) is 1. The summed E-state index contributed by atoms with van der Waals surface area (Å²) in [6.07, 6.45) is 0.548. The second-order valence-electron chi connectivity index (χ2n) is 6.11. The lowest BCUT2D eigenvalue weighted by Gasteiger charge is -2.14. The Morgan fingerprint density at radius 3 is 2.30 bits per heavy atom. The zero-order chi connectivity index (χ0) is 19.4. The number of halogens is 2. The van der Waals surface area contributed by atoms with Gasteiger partial charge in [-0.25, -0.2) is 4.79 Å². The zero-order valence-corrected chi connectivity index (χ0v) is 15.8. The summed E-state index contributed by atoms with van der Waals surface area (Å²) in [5.74, 6) is -0.301. The molecule has 2 aromatic carbocycles. The maximum absolute atomic E-state index is 12.0. The molecule has 2 aromatic rings. The van der Waals surface area contributed by atoms with Crippen molar-refractivity contribution in [2.75, 3.05) is 5.32 Å². The lowest BCUT2D eigenvalue weighted by molar-refractivity contribution is -0.139. The average Bonchev–Trinajstić information content (AvgIpc) is 2.94. The largest absolute Gasteiger partial charge is 0.334 e. The van der Waals surface area contributed by atoms with E-state index >= 15 is 0 Å². The number of urea groups is 1. The highest BCUT2D eigenvalue weighted by molar-refractivity contribution is 6.35. The molecule has 140 valence electrons. The minimum atomic E-state index is -0.376. The van der Waals surface area contributed by atoms with Gasteiger partial charge >= 0.3 is 6.03 Å². The van der Waals surface area contributed by atoms with Gasteiger partial charge < -0.3 is 10.6 Å². The molecule has 2 N–H and O–H groups in total. The van der Waals surface area contributed by atoms with Gasteiger partial charge in [0.15, 0.2) is 0 Å². The molecule has 1 heterocycles. The van der Waals surface area contributed by atoms with Crippen LogP contribution in [-0.4, -0.2) is 22.7 Å². The first-order valence-electron chi connectivity index (χ1n) is 8.33. The van der Waals surface area contributed by atoms with E-state index in [9.17, 15) is 14.4 Å². The number of carbonyl (C=O) groups excluding carboxylic acids is 3. The first-order valence-corrected chi connectivity index (χ1v) is 9.09. The van der Waals surface area contributed by atoms with Crippen molar-refractivity contribution >= 4 is 46.7 Å². The summed E-state index contributed by atoms with van der Waals surface area (Å²) in [6, 6.07) is 11.7. The molecule has 1 aliphatic heterocycles. The molecule has 8 heteroatoms. The van der Waals surface area contributed by atoms with Gasteiger partial charge in [-0.05, 0) is 35.4 Å². The second kappa shape index (κ2) is 8.41. The van der Waals surface area contributed by atoms with E-state index in [4.69, 9.17) is 23.2 Å². The molecule has 0 unspecified atom stereocenters. The third-order valence-corrected chi connectivity index (χ3v) is 4.75. The van der Waals surface area contributed by atoms with Gasteiger partial charge in [-0.15, -0.1) is 0 Å². The highest BCUT2D eigenvalue weighted by Crippen LogP contribution is 2.21. The van der Waals surface area contributed by atoms with E-state index < -0.39 is 0 Å². The van der Waals surface area contributed by atoms with E-state index in [-0.39, 0.29) is 43.8 Å². The van der Waals surface area contributed by atoms with Gasteiger partial charge in [0.2, 0.25) is 11.8 Å². The fraction of sp³-hybridized carbons (Fsp3) is 0.211. The summed E-state index contributed by atoms with van der Waals surface area (Å²) >= 11 is 11.9. The number of benzene rings is 2. The fourth-order valence-corrected chi connectivity index (χ4v) is 3.17. The Bertz CT molecular complexity index is 868. The highest BCUT2D eigenvalue weighted by atomic mass is 35.5. The molecule has 0 saturated carbocycles. The van der Waals surface area contributed by atoms with E-state index in [1.165, 1.54) is 4.90 Å². The lowest BCUT2D eigenvalue weighted by Crippen LogP contribution is -2.29. The third-order valence-electron chi connectivity index (χ3n) is 4.16. The summed E-state index contributed by atoms with van der Waals surface area (Å²) in [5, 5.41) is 6.45. The van der Waals surface area contributed by atoms with Crippen LogP contribution in [0.15, 0.2) is 42.5 Å². The number of carbonyl (C=O) groups is 3. The van der Waals surface area contributed by atoms with Crippen LogP contribution in [0.2, 0.25) is 10.0 Å². The van der Waals surface area contributed by atoms with Gasteiger partial charge in [-0.3, -0.25) is 14.5 Å². The van der Waals surface area contributed by atoms with Crippen LogP contribution in [0, 0.1) is 0 Å². The Labute approximate surface area is 166 Å². The number of rotatable bonds is 5. The smallest absolute Gasteiger partial charge is 0.319 e. The monoisotopic (exact) mass is 405 g/mol. The summed E-state index contributed by atoms with van der Waals surface area (Å²) in [5.41, 5.74) is 2.17. The maximum Gasteiger partial charge on any atom is 0.319 e. The molecule has 1 fully saturated rings. The Balaban J connectivity index is 1.52. The molecule has 4 amide bonds. The Morgan fingerprint density at radius 1 is 1.00 bits per heavy atom. The van der Waals surface area contributed by atoms with Gasteiger partial charge in [0.05, 0.1) is 6.54 Å². The minimum Gasteiger partial charge on any atom is -0.334 e. The van der Waals surface area contributed by atoms with E-state index in [0.717, 1.165) is 11.1 Å². The third kappa shape index (κ3) is 4.99. The SMILES string of the molecule is O=C(NCc1ccc(Cl)cc1Cl)Nc1ccc(CN2C(=O)CCC2=O)cc1. The van der Waals surface area contributed by atoms with Gasteiger partial charge in [-0.2, -0.15) is 0 Å². The number of hydrogen-bond donors (Lipinski definition) is 2. The predicted molar refractivity (Wildman–Crippen MR) is 104 cm³/mol. The van der Waals surface area contributed by atoms with Gasteiger partial charge in [0.1, 0.15) is 0 Å². The summed E-state index contributed by atoms with van der Waals surface area (Å²) in [6.45, 7) is 0.512. The molecule has 27 heavy (non-hydrogen) atoms. The lowest BCUT2D eigenvalue weighted by atomic mass is 10.2. The molecule has 6 nitrogen and oxygen atoms in total. The molecule has 1 aliphatic rings. The predicted octanol–water partition coefficient (Wildman–Crippen LogP) is 3.96. The second-order valence-corrected chi connectivity index (χ2v) is 6.96. The topological polar surface area (TPSA) is 78.5 Å². The quantitative estimate of drug-likeness (QED) is 0.738. The molecule has 1 saturated heterocycles. The van der Waals surface area contributed by atoms with Gasteiger partial charge in [-0.1, -0.05) is 41.4 Å². The average molecular weight is 406 g/mol. The van der Waals surface area contributed by atoms with Crippen LogP contribution in [0.4, 0.5) is 10.5 Å². The van der Waals surface area contributed by atoms with Crippen molar-refractivity contribution in [1.29, 1.82) is 0 Å². The van der Waals surface area contributed by atoms with Crippen LogP contribution in [-0.2, 0) is 22.7 Å². The Hall–Kier alpha value is -2.57. The highest BCUT2D eigenvalue weighted by Gasteiger charge is 2.28. The van der Waals surface area contributed by atoms with Crippen LogP contribution in [0.3, 0.4) is 0 Å². The van der Waals surface area contributed by atoms with Crippen LogP contribution in [0.25, 0.3) is 0 Å². The summed E-state index contributed by atoms with van der Waals surface area (Å²) in [4.78, 5) is 36.6. The summed E-state index contributed by atoms with van der Waals surface area (Å²) < 4.78 is 0. The van der Waals surface area contributed by atoms with Crippen molar-refractivity contribution in [1.82, 2.24) is 10.2 Å². The number of anilines is 1. The Kier molecular flexibility index (Phi) is 5.98. The van der Waals surface area contributed by atoms with Crippen LogP contribution in [0.1, 0.15) is 24.0 Å². The van der Waals surface area contributed by atoms with Crippen molar-refractivity contribution in [3.8, 4) is 0 Å². The van der Waals surface area contributed by atoms with Crippen molar-refractivity contribution in [3.63, 3.8) is 0 Å². The molecule has 0 aliphatic carbocycles. The van der Waals surface area contributed by atoms with Crippen molar-refractivity contribution in [3.05, 3.63) is 63.6 Å². The number of amides is 4. The van der Waals surface area contributed by atoms with Crippen LogP contribution >= 0.6 is 23.2 Å².